The molecule has 184 valence electrons. The van der Waals surface area contributed by atoms with Gasteiger partial charge in [-0.1, -0.05) is 83.0 Å². The fourth-order valence-electron chi connectivity index (χ4n) is 4.17. The smallest absolute Gasteiger partial charge is 0.343 e. The molecule has 0 saturated carbocycles. The Morgan fingerprint density at radius 2 is 1.26 bits per heavy atom. The molecule has 3 aromatic rings. The SMILES string of the molecule is CCCCc1c(CC(C)C)cc(CCC)c(OC(=O)c2ccccc2)c1OC(=O)c1ccccc1. The van der Waals surface area contributed by atoms with E-state index in [4.69, 9.17) is 9.47 Å². The predicted molar refractivity (Wildman–Crippen MR) is 140 cm³/mol. The van der Waals surface area contributed by atoms with Crippen LogP contribution in [0.25, 0.3) is 0 Å². The fraction of sp³-hybridized carbons (Fsp3) is 0.355. The van der Waals surface area contributed by atoms with Crippen molar-refractivity contribution in [3.05, 3.63) is 94.5 Å². The molecule has 0 N–H and O–H groups in total. The van der Waals surface area contributed by atoms with Gasteiger partial charge in [0.25, 0.3) is 0 Å². The lowest BCUT2D eigenvalue weighted by Gasteiger charge is -2.22. The molecule has 0 amide bonds. The minimum atomic E-state index is -0.460. The summed E-state index contributed by atoms with van der Waals surface area (Å²) in [4.78, 5) is 26.3. The second kappa shape index (κ2) is 12.9. The van der Waals surface area contributed by atoms with E-state index in [1.54, 1.807) is 36.4 Å². The molecule has 0 heterocycles. The molecule has 0 aromatic heterocycles. The Bertz CT molecular complexity index is 1120. The highest BCUT2D eigenvalue weighted by Gasteiger charge is 2.25. The number of carbonyl (C=O) groups excluding carboxylic acids is 2. The van der Waals surface area contributed by atoms with E-state index in [1.807, 2.05) is 24.3 Å². The van der Waals surface area contributed by atoms with Crippen LogP contribution in [0, 0.1) is 5.92 Å². The zero-order valence-electron chi connectivity index (χ0n) is 21.3. The number of rotatable bonds is 11. The highest BCUT2D eigenvalue weighted by Crippen LogP contribution is 2.41. The van der Waals surface area contributed by atoms with Crippen molar-refractivity contribution in [2.24, 2.45) is 5.92 Å². The third kappa shape index (κ3) is 7.05. The number of aryl methyl sites for hydroxylation is 1. The van der Waals surface area contributed by atoms with Crippen LogP contribution in [0.2, 0.25) is 0 Å². The predicted octanol–water partition coefficient (Wildman–Crippen LogP) is 7.62. The quantitative estimate of drug-likeness (QED) is 0.213. The lowest BCUT2D eigenvalue weighted by Crippen LogP contribution is -2.17. The third-order valence-corrected chi connectivity index (χ3v) is 5.84. The second-order valence-electron chi connectivity index (χ2n) is 9.29. The van der Waals surface area contributed by atoms with Gasteiger partial charge in [0.05, 0.1) is 11.1 Å². The van der Waals surface area contributed by atoms with Crippen molar-refractivity contribution in [2.45, 2.75) is 66.2 Å². The van der Waals surface area contributed by atoms with Crippen molar-refractivity contribution in [3.8, 4) is 11.5 Å². The van der Waals surface area contributed by atoms with Gasteiger partial charge in [0.15, 0.2) is 11.5 Å². The van der Waals surface area contributed by atoms with E-state index in [-0.39, 0.29) is 0 Å². The Kier molecular flexibility index (Phi) is 9.66. The molecule has 0 aliphatic heterocycles. The number of carbonyl (C=O) groups is 2. The van der Waals surface area contributed by atoms with E-state index >= 15 is 0 Å². The standard InChI is InChI=1S/C31H36O4/c1-5-7-19-27-26(20-22(3)4)21-25(14-6-2)28(34-30(32)23-15-10-8-11-16-23)29(27)35-31(33)24-17-12-9-13-18-24/h8-13,15-18,21-22H,5-7,14,19-20H2,1-4H3. The number of unbranched alkanes of at least 4 members (excludes halogenated alkanes) is 1. The number of hydrogen-bond donors (Lipinski definition) is 0. The van der Waals surface area contributed by atoms with Crippen molar-refractivity contribution in [2.75, 3.05) is 0 Å². The second-order valence-corrected chi connectivity index (χ2v) is 9.29. The number of ether oxygens (including phenoxy) is 2. The molecule has 0 aliphatic carbocycles. The van der Waals surface area contributed by atoms with E-state index in [0.29, 0.717) is 35.0 Å². The summed E-state index contributed by atoms with van der Waals surface area (Å²) in [6.45, 7) is 8.59. The lowest BCUT2D eigenvalue weighted by molar-refractivity contribution is 0.0679. The van der Waals surface area contributed by atoms with Crippen LogP contribution >= 0.6 is 0 Å². The maximum Gasteiger partial charge on any atom is 0.343 e. The molecule has 0 fully saturated rings. The minimum absolute atomic E-state index is 0.364. The first-order chi connectivity index (χ1) is 16.9. The van der Waals surface area contributed by atoms with Crippen molar-refractivity contribution in [1.29, 1.82) is 0 Å². The molecule has 4 nitrogen and oxygen atoms in total. The number of benzene rings is 3. The molecular formula is C31H36O4. The summed E-state index contributed by atoms with van der Waals surface area (Å²) < 4.78 is 12.1. The van der Waals surface area contributed by atoms with Gasteiger partial charge in [-0.3, -0.25) is 0 Å². The van der Waals surface area contributed by atoms with E-state index < -0.39 is 11.9 Å². The Hall–Kier alpha value is -3.40. The summed E-state index contributed by atoms with van der Waals surface area (Å²) in [5, 5.41) is 0. The van der Waals surface area contributed by atoms with Crippen molar-refractivity contribution in [1.82, 2.24) is 0 Å². The van der Waals surface area contributed by atoms with Crippen molar-refractivity contribution < 1.29 is 19.1 Å². The average Bonchev–Trinajstić information content (AvgIpc) is 2.86. The molecule has 35 heavy (non-hydrogen) atoms. The van der Waals surface area contributed by atoms with Gasteiger partial charge in [-0.05, 0) is 67.0 Å². The molecule has 0 unspecified atom stereocenters. The Morgan fingerprint density at radius 3 is 1.74 bits per heavy atom. The maximum atomic E-state index is 13.2. The lowest BCUT2D eigenvalue weighted by atomic mass is 9.90. The van der Waals surface area contributed by atoms with Gasteiger partial charge in [0.1, 0.15) is 0 Å². The van der Waals surface area contributed by atoms with Crippen LogP contribution in [0.15, 0.2) is 66.7 Å². The first-order valence-electron chi connectivity index (χ1n) is 12.7. The first-order valence-corrected chi connectivity index (χ1v) is 12.7. The zero-order chi connectivity index (χ0) is 25.2. The molecule has 3 aromatic carbocycles. The molecule has 0 atom stereocenters. The highest BCUT2D eigenvalue weighted by molar-refractivity contribution is 5.93. The van der Waals surface area contributed by atoms with Crippen LogP contribution in [-0.4, -0.2) is 11.9 Å². The molecule has 0 radical (unpaired) electrons. The van der Waals surface area contributed by atoms with E-state index in [1.165, 1.54) is 0 Å². The molecule has 0 aliphatic rings. The fourth-order valence-corrected chi connectivity index (χ4v) is 4.17. The summed E-state index contributed by atoms with van der Waals surface area (Å²) in [6.07, 6.45) is 5.14. The van der Waals surface area contributed by atoms with Gasteiger partial charge in [-0.25, -0.2) is 9.59 Å². The van der Waals surface area contributed by atoms with E-state index in [0.717, 1.165) is 48.8 Å². The Balaban J connectivity index is 2.17. The minimum Gasteiger partial charge on any atom is -0.419 e. The molecule has 0 spiro atoms. The highest BCUT2D eigenvalue weighted by atomic mass is 16.6. The number of esters is 2. The van der Waals surface area contributed by atoms with Gasteiger partial charge in [0, 0.05) is 5.56 Å². The molecule has 3 rings (SSSR count). The van der Waals surface area contributed by atoms with Crippen molar-refractivity contribution >= 4 is 11.9 Å². The van der Waals surface area contributed by atoms with Gasteiger partial charge in [-0.15, -0.1) is 0 Å². The Morgan fingerprint density at radius 1 is 0.714 bits per heavy atom. The van der Waals surface area contributed by atoms with Crippen LogP contribution in [0.1, 0.15) is 84.4 Å². The first kappa shape index (κ1) is 26.2. The summed E-state index contributed by atoms with van der Waals surface area (Å²) in [6, 6.07) is 20.0. The van der Waals surface area contributed by atoms with Crippen LogP contribution in [-0.2, 0) is 19.3 Å². The zero-order valence-corrected chi connectivity index (χ0v) is 21.3. The summed E-state index contributed by atoms with van der Waals surface area (Å²) in [5.74, 6) is 0.268. The summed E-state index contributed by atoms with van der Waals surface area (Å²) in [5.41, 5.74) is 3.92. The van der Waals surface area contributed by atoms with Crippen LogP contribution in [0.3, 0.4) is 0 Å². The van der Waals surface area contributed by atoms with E-state index in [2.05, 4.69) is 33.8 Å². The normalized spacial score (nSPS) is 10.9. The van der Waals surface area contributed by atoms with Crippen LogP contribution in [0.4, 0.5) is 0 Å². The third-order valence-electron chi connectivity index (χ3n) is 5.84. The van der Waals surface area contributed by atoms with Gasteiger partial charge in [0.2, 0.25) is 0 Å². The van der Waals surface area contributed by atoms with Crippen LogP contribution in [0.5, 0.6) is 11.5 Å². The average molecular weight is 473 g/mol. The van der Waals surface area contributed by atoms with E-state index in [9.17, 15) is 9.59 Å². The molecule has 0 saturated heterocycles. The Labute approximate surface area is 209 Å². The maximum absolute atomic E-state index is 13.2. The van der Waals surface area contributed by atoms with Gasteiger partial charge < -0.3 is 9.47 Å². The largest absolute Gasteiger partial charge is 0.419 e. The molecule has 4 heteroatoms. The summed E-state index contributed by atoms with van der Waals surface area (Å²) >= 11 is 0. The topological polar surface area (TPSA) is 52.6 Å². The monoisotopic (exact) mass is 472 g/mol. The number of hydrogen-bond acceptors (Lipinski definition) is 4. The summed E-state index contributed by atoms with van der Waals surface area (Å²) in [7, 11) is 0. The molecular weight excluding hydrogens is 436 g/mol. The van der Waals surface area contributed by atoms with Gasteiger partial charge >= 0.3 is 11.9 Å². The van der Waals surface area contributed by atoms with Crippen LogP contribution < -0.4 is 9.47 Å². The van der Waals surface area contributed by atoms with Gasteiger partial charge in [-0.2, -0.15) is 0 Å². The molecule has 0 bridgehead atoms. The van der Waals surface area contributed by atoms with Crippen molar-refractivity contribution in [3.63, 3.8) is 0 Å².